The fourth-order valence-corrected chi connectivity index (χ4v) is 3.78. The third kappa shape index (κ3) is 4.73. The van der Waals surface area contributed by atoms with E-state index in [9.17, 15) is 0 Å². The highest BCUT2D eigenvalue weighted by Gasteiger charge is 2.20. The molecule has 1 aromatic carbocycles. The summed E-state index contributed by atoms with van der Waals surface area (Å²) in [4.78, 5) is 2.30. The predicted molar refractivity (Wildman–Crippen MR) is 108 cm³/mol. The van der Waals surface area contributed by atoms with Crippen molar-refractivity contribution < 1.29 is 4.74 Å². The number of nitrogens with zero attached hydrogens (tertiary/aromatic N) is 2. The van der Waals surface area contributed by atoms with E-state index in [1.165, 1.54) is 32.1 Å². The van der Waals surface area contributed by atoms with Crippen LogP contribution < -0.4 is 4.74 Å². The molecule has 0 aliphatic heterocycles. The molecule has 0 unspecified atom stereocenters. The Kier molecular flexibility index (Phi) is 6.85. The van der Waals surface area contributed by atoms with Crippen molar-refractivity contribution in [2.45, 2.75) is 45.6 Å². The van der Waals surface area contributed by atoms with E-state index in [1.54, 1.807) is 0 Å². The fourth-order valence-electron chi connectivity index (χ4n) is 3.18. The first-order chi connectivity index (χ1) is 12.6. The Labute approximate surface area is 165 Å². The number of nitrogens with one attached hydrogen (secondary N) is 1. The molecule has 1 heterocycles. The first-order valence-electron chi connectivity index (χ1n) is 9.41. The summed E-state index contributed by atoms with van der Waals surface area (Å²) in [5, 5.41) is 8.41. The fraction of sp³-hybridized carbons (Fsp3) is 0.550. The summed E-state index contributed by atoms with van der Waals surface area (Å²) < 4.78 is 5.88. The molecule has 1 aromatic heterocycles. The molecule has 1 aliphatic carbocycles. The molecule has 1 saturated carbocycles. The number of unbranched alkanes of at least 4 members (excludes halogenated alkanes) is 1. The van der Waals surface area contributed by atoms with Crippen molar-refractivity contribution in [2.24, 2.45) is 5.92 Å². The molecule has 0 radical (unpaired) electrons. The number of halogens is 2. The standard InChI is InChI=1S/C20H27Cl2N3O/c1-3-4-8-25(2)12-16-11-23-24-19(16)15-9-17(21)20(18(22)10-15)26-13-14-6-5-7-14/h9-11,14H,3-8,12-13H2,1-2H3,(H,23,24). The maximum atomic E-state index is 6.47. The van der Waals surface area contributed by atoms with Crippen LogP contribution in [0.2, 0.25) is 10.0 Å². The molecule has 6 heteroatoms. The van der Waals surface area contributed by atoms with Crippen molar-refractivity contribution >= 4 is 23.2 Å². The SMILES string of the molecule is CCCCN(C)Cc1cn[nH]c1-c1cc(Cl)c(OCC2CCC2)c(Cl)c1. The second-order valence-corrected chi connectivity index (χ2v) is 8.05. The minimum atomic E-state index is 0.548. The summed E-state index contributed by atoms with van der Waals surface area (Å²) in [6.07, 6.45) is 8.02. The van der Waals surface area contributed by atoms with Gasteiger partial charge in [0.25, 0.3) is 0 Å². The van der Waals surface area contributed by atoms with Crippen LogP contribution in [0.15, 0.2) is 18.3 Å². The highest BCUT2D eigenvalue weighted by molar-refractivity contribution is 6.37. The zero-order valence-corrected chi connectivity index (χ0v) is 17.0. The first-order valence-corrected chi connectivity index (χ1v) is 10.2. The lowest BCUT2D eigenvalue weighted by Crippen LogP contribution is -2.19. The Bertz CT molecular complexity index is 705. The van der Waals surface area contributed by atoms with Crippen molar-refractivity contribution in [3.8, 4) is 17.0 Å². The highest BCUT2D eigenvalue weighted by Crippen LogP contribution is 2.39. The van der Waals surface area contributed by atoms with Gasteiger partial charge in [-0.15, -0.1) is 0 Å². The maximum Gasteiger partial charge on any atom is 0.156 e. The summed E-state index contributed by atoms with van der Waals surface area (Å²) in [5.74, 6) is 1.23. The molecule has 26 heavy (non-hydrogen) atoms. The molecule has 1 N–H and O–H groups in total. The van der Waals surface area contributed by atoms with E-state index in [-0.39, 0.29) is 0 Å². The van der Waals surface area contributed by atoms with Crippen LogP contribution in [0.5, 0.6) is 5.75 Å². The van der Waals surface area contributed by atoms with E-state index in [1.807, 2.05) is 18.3 Å². The highest BCUT2D eigenvalue weighted by atomic mass is 35.5. The van der Waals surface area contributed by atoms with Gasteiger partial charge in [0.2, 0.25) is 0 Å². The number of hydrogen-bond donors (Lipinski definition) is 1. The Hall–Kier alpha value is -1.23. The van der Waals surface area contributed by atoms with Gasteiger partial charge in [-0.2, -0.15) is 5.10 Å². The van der Waals surface area contributed by atoms with Crippen LogP contribution in [0.25, 0.3) is 11.3 Å². The second-order valence-electron chi connectivity index (χ2n) is 7.24. The number of benzene rings is 1. The van der Waals surface area contributed by atoms with Crippen LogP contribution in [0, 0.1) is 5.92 Å². The van der Waals surface area contributed by atoms with E-state index >= 15 is 0 Å². The minimum absolute atomic E-state index is 0.548. The van der Waals surface area contributed by atoms with Gasteiger partial charge in [0.05, 0.1) is 28.5 Å². The lowest BCUT2D eigenvalue weighted by Gasteiger charge is -2.25. The van der Waals surface area contributed by atoms with Crippen LogP contribution in [0.3, 0.4) is 0 Å². The van der Waals surface area contributed by atoms with Gasteiger partial charge in [-0.25, -0.2) is 0 Å². The predicted octanol–water partition coefficient (Wildman–Crippen LogP) is 5.79. The van der Waals surface area contributed by atoms with E-state index in [4.69, 9.17) is 27.9 Å². The van der Waals surface area contributed by atoms with Crippen molar-refractivity contribution in [3.05, 3.63) is 33.9 Å². The summed E-state index contributed by atoms with van der Waals surface area (Å²) >= 11 is 12.9. The summed E-state index contributed by atoms with van der Waals surface area (Å²) in [6, 6.07) is 3.82. The van der Waals surface area contributed by atoms with Crippen LogP contribution in [-0.2, 0) is 6.54 Å². The maximum absolute atomic E-state index is 6.47. The summed E-state index contributed by atoms with van der Waals surface area (Å²) in [5.41, 5.74) is 3.04. The molecule has 0 amide bonds. The van der Waals surface area contributed by atoms with Crippen LogP contribution in [-0.4, -0.2) is 35.3 Å². The molecule has 142 valence electrons. The topological polar surface area (TPSA) is 41.2 Å². The van der Waals surface area contributed by atoms with Gasteiger partial charge in [0.15, 0.2) is 5.75 Å². The molecule has 1 fully saturated rings. The molecule has 0 saturated heterocycles. The van der Waals surface area contributed by atoms with Gasteiger partial charge in [0.1, 0.15) is 0 Å². The number of hydrogen-bond acceptors (Lipinski definition) is 3. The number of aromatic amines is 1. The van der Waals surface area contributed by atoms with E-state index in [0.717, 1.165) is 29.9 Å². The Balaban J connectivity index is 1.74. The lowest BCUT2D eigenvalue weighted by molar-refractivity contribution is 0.181. The number of aromatic nitrogens is 2. The van der Waals surface area contributed by atoms with E-state index < -0.39 is 0 Å². The average Bonchev–Trinajstić information content (AvgIpc) is 3.01. The molecule has 1 aliphatic rings. The number of rotatable bonds is 9. The van der Waals surface area contributed by atoms with Gasteiger partial charge in [-0.3, -0.25) is 5.10 Å². The Morgan fingerprint density at radius 1 is 1.27 bits per heavy atom. The molecular formula is C20H27Cl2N3O. The van der Waals surface area contributed by atoms with Crippen LogP contribution in [0.1, 0.15) is 44.6 Å². The van der Waals surface area contributed by atoms with Crippen LogP contribution >= 0.6 is 23.2 Å². The molecule has 0 spiro atoms. The zero-order valence-electron chi connectivity index (χ0n) is 15.5. The molecular weight excluding hydrogens is 369 g/mol. The molecule has 3 rings (SSSR count). The van der Waals surface area contributed by atoms with Crippen LogP contribution in [0.4, 0.5) is 0 Å². The van der Waals surface area contributed by atoms with Gasteiger partial charge in [-0.1, -0.05) is 43.0 Å². The van der Waals surface area contributed by atoms with E-state index in [2.05, 4.69) is 29.1 Å². The zero-order chi connectivity index (χ0) is 18.5. The Morgan fingerprint density at radius 2 is 2.00 bits per heavy atom. The third-order valence-electron chi connectivity index (χ3n) is 5.03. The lowest BCUT2D eigenvalue weighted by atomic mass is 9.86. The van der Waals surface area contributed by atoms with Gasteiger partial charge < -0.3 is 9.64 Å². The van der Waals surface area contributed by atoms with Crippen molar-refractivity contribution in [2.75, 3.05) is 20.2 Å². The molecule has 0 bridgehead atoms. The quantitative estimate of drug-likeness (QED) is 0.583. The summed E-state index contributed by atoms with van der Waals surface area (Å²) in [6.45, 7) is 4.80. The second kappa shape index (κ2) is 9.12. The molecule has 0 atom stereocenters. The molecule has 4 nitrogen and oxygen atoms in total. The van der Waals surface area contributed by atoms with Gasteiger partial charge in [0, 0.05) is 17.7 Å². The van der Waals surface area contributed by atoms with E-state index in [0.29, 0.717) is 28.3 Å². The van der Waals surface area contributed by atoms with Gasteiger partial charge >= 0.3 is 0 Å². The molecule has 2 aromatic rings. The van der Waals surface area contributed by atoms with Crippen molar-refractivity contribution in [3.63, 3.8) is 0 Å². The monoisotopic (exact) mass is 395 g/mol. The average molecular weight is 396 g/mol. The normalized spacial score (nSPS) is 14.7. The smallest absolute Gasteiger partial charge is 0.156 e. The first kappa shape index (κ1) is 19.5. The largest absolute Gasteiger partial charge is 0.490 e. The van der Waals surface area contributed by atoms with Crippen molar-refractivity contribution in [1.82, 2.24) is 15.1 Å². The third-order valence-corrected chi connectivity index (χ3v) is 5.59. The minimum Gasteiger partial charge on any atom is -0.490 e. The number of ether oxygens (including phenoxy) is 1. The summed E-state index contributed by atoms with van der Waals surface area (Å²) in [7, 11) is 2.13. The Morgan fingerprint density at radius 3 is 2.62 bits per heavy atom. The van der Waals surface area contributed by atoms with Gasteiger partial charge in [-0.05, 0) is 50.9 Å². The number of H-pyrrole nitrogens is 1. The van der Waals surface area contributed by atoms with Crippen molar-refractivity contribution in [1.29, 1.82) is 0 Å².